The van der Waals surface area contributed by atoms with Crippen molar-refractivity contribution in [2.24, 2.45) is 29.4 Å². The van der Waals surface area contributed by atoms with Crippen LogP contribution in [0.3, 0.4) is 0 Å². The van der Waals surface area contributed by atoms with Crippen molar-refractivity contribution in [1.82, 2.24) is 4.90 Å². The van der Waals surface area contributed by atoms with Crippen LogP contribution in [0, 0.1) is 23.7 Å². The maximum absolute atomic E-state index is 13.9. The van der Waals surface area contributed by atoms with Crippen molar-refractivity contribution in [2.45, 2.75) is 24.5 Å². The molecule has 2 aromatic carbocycles. The molecule has 0 heterocycles. The third-order valence-electron chi connectivity index (χ3n) is 8.64. The Morgan fingerprint density at radius 2 is 1.70 bits per heavy atom. The SMILES string of the molecule is COc1ccc(-c2ccc(O)c3c2C[C@@H]2C[C@@H]4[C@@H](N(C)C)C(=O)C(C(N)=O)C(=O)[C@]4(O)C(=O)C2C3=O)c(OC)c1. The summed E-state index contributed by atoms with van der Waals surface area (Å²) in [5.74, 6) is -9.84. The average Bonchev–Trinajstić information content (AvgIpc) is 2.90. The fourth-order valence-electron chi connectivity index (χ4n) is 6.88. The van der Waals surface area contributed by atoms with Crippen LogP contribution in [0.5, 0.6) is 17.2 Å². The molecule has 2 aromatic rings. The number of primary amides is 1. The van der Waals surface area contributed by atoms with E-state index in [0.717, 1.165) is 0 Å². The molecule has 2 unspecified atom stereocenters. The predicted molar refractivity (Wildman–Crippen MR) is 140 cm³/mol. The van der Waals surface area contributed by atoms with Gasteiger partial charge >= 0.3 is 0 Å². The number of Topliss-reactive ketones (excluding diaryl/α,β-unsaturated/α-hetero) is 4. The van der Waals surface area contributed by atoms with Crippen molar-refractivity contribution >= 4 is 29.0 Å². The number of hydrogen-bond donors (Lipinski definition) is 3. The number of aliphatic hydroxyl groups is 1. The third kappa shape index (κ3) is 3.68. The normalized spacial score (nSPS) is 29.5. The number of ether oxygens (including phenoxy) is 2. The molecule has 11 nitrogen and oxygen atoms in total. The monoisotopic (exact) mass is 550 g/mol. The van der Waals surface area contributed by atoms with E-state index in [1.165, 1.54) is 25.2 Å². The van der Waals surface area contributed by atoms with Gasteiger partial charge in [-0.15, -0.1) is 0 Å². The van der Waals surface area contributed by atoms with Crippen LogP contribution in [-0.2, 0) is 25.6 Å². The summed E-state index contributed by atoms with van der Waals surface area (Å²) in [6, 6.07) is 7.01. The van der Waals surface area contributed by atoms with Crippen LogP contribution >= 0.6 is 0 Å². The second-order valence-electron chi connectivity index (χ2n) is 10.8. The topological polar surface area (TPSA) is 174 Å². The van der Waals surface area contributed by atoms with Gasteiger partial charge in [0, 0.05) is 17.5 Å². The molecule has 210 valence electrons. The molecule has 4 N–H and O–H groups in total. The number of ketones is 4. The summed E-state index contributed by atoms with van der Waals surface area (Å²) in [7, 11) is 6.09. The number of phenols is 1. The van der Waals surface area contributed by atoms with E-state index in [9.17, 15) is 34.2 Å². The lowest BCUT2D eigenvalue weighted by molar-refractivity contribution is -0.181. The van der Waals surface area contributed by atoms with Crippen molar-refractivity contribution in [2.75, 3.05) is 28.3 Å². The van der Waals surface area contributed by atoms with Gasteiger partial charge in [-0.1, -0.05) is 6.07 Å². The second kappa shape index (κ2) is 9.53. The zero-order chi connectivity index (χ0) is 29.3. The summed E-state index contributed by atoms with van der Waals surface area (Å²) in [4.78, 5) is 68.0. The zero-order valence-corrected chi connectivity index (χ0v) is 22.5. The maximum atomic E-state index is 13.9. The fourth-order valence-corrected chi connectivity index (χ4v) is 6.88. The van der Waals surface area contributed by atoms with Crippen LogP contribution in [-0.4, -0.2) is 84.1 Å². The van der Waals surface area contributed by atoms with E-state index in [0.29, 0.717) is 28.2 Å². The lowest BCUT2D eigenvalue weighted by Gasteiger charge is -2.52. The quantitative estimate of drug-likeness (QED) is 0.446. The van der Waals surface area contributed by atoms with Crippen molar-refractivity contribution < 1.29 is 43.7 Å². The Bertz CT molecular complexity index is 1480. The number of rotatable bonds is 5. The summed E-state index contributed by atoms with van der Waals surface area (Å²) in [6.45, 7) is 0. The Morgan fingerprint density at radius 1 is 1.02 bits per heavy atom. The van der Waals surface area contributed by atoms with Crippen LogP contribution in [0.25, 0.3) is 11.1 Å². The summed E-state index contributed by atoms with van der Waals surface area (Å²) in [5, 5.41) is 22.5. The Kier molecular flexibility index (Phi) is 6.54. The molecule has 0 spiro atoms. The Labute approximate surface area is 229 Å². The minimum Gasteiger partial charge on any atom is -0.507 e. The molecule has 11 heteroatoms. The molecular formula is C29H30N2O9. The van der Waals surface area contributed by atoms with Gasteiger partial charge in [-0.2, -0.15) is 0 Å². The first-order valence-electron chi connectivity index (χ1n) is 12.8. The van der Waals surface area contributed by atoms with E-state index in [4.69, 9.17) is 15.2 Å². The first-order chi connectivity index (χ1) is 18.9. The first kappa shape index (κ1) is 27.5. The van der Waals surface area contributed by atoms with Gasteiger partial charge < -0.3 is 25.4 Å². The highest BCUT2D eigenvalue weighted by atomic mass is 16.5. The van der Waals surface area contributed by atoms with E-state index in [-0.39, 0.29) is 24.2 Å². The van der Waals surface area contributed by atoms with E-state index in [1.807, 2.05) is 0 Å². The number of carbonyl (C=O) groups excluding carboxylic acids is 5. The van der Waals surface area contributed by atoms with E-state index < -0.39 is 64.4 Å². The lowest BCUT2D eigenvalue weighted by Crippen LogP contribution is -2.74. The fraction of sp³-hybridized carbons (Fsp3) is 0.414. The summed E-state index contributed by atoms with van der Waals surface area (Å²) in [6.07, 6.45) is 0.115. The number of benzene rings is 2. The second-order valence-corrected chi connectivity index (χ2v) is 10.8. The van der Waals surface area contributed by atoms with Crippen LogP contribution in [0.15, 0.2) is 30.3 Å². The molecule has 0 radical (unpaired) electrons. The van der Waals surface area contributed by atoms with E-state index in [2.05, 4.69) is 0 Å². The predicted octanol–water partition coefficient (Wildman–Crippen LogP) is 0.551. The van der Waals surface area contributed by atoms with Crippen molar-refractivity contribution in [3.8, 4) is 28.4 Å². The molecule has 6 atom stereocenters. The molecule has 0 aliphatic heterocycles. The third-order valence-corrected chi connectivity index (χ3v) is 8.64. The van der Waals surface area contributed by atoms with Crippen LogP contribution in [0.2, 0.25) is 0 Å². The van der Waals surface area contributed by atoms with Crippen LogP contribution in [0.4, 0.5) is 0 Å². The first-order valence-corrected chi connectivity index (χ1v) is 12.8. The van der Waals surface area contributed by atoms with Crippen molar-refractivity contribution in [3.63, 3.8) is 0 Å². The molecule has 3 aliphatic carbocycles. The minimum absolute atomic E-state index is 0.0290. The van der Waals surface area contributed by atoms with Crippen molar-refractivity contribution in [1.29, 1.82) is 0 Å². The van der Waals surface area contributed by atoms with Gasteiger partial charge in [0.15, 0.2) is 34.7 Å². The number of hydrogen-bond acceptors (Lipinski definition) is 10. The van der Waals surface area contributed by atoms with Gasteiger partial charge in [0.05, 0.1) is 31.7 Å². The molecule has 40 heavy (non-hydrogen) atoms. The zero-order valence-electron chi connectivity index (χ0n) is 22.5. The minimum atomic E-state index is -2.76. The molecule has 2 saturated carbocycles. The number of amides is 1. The van der Waals surface area contributed by atoms with Crippen LogP contribution in [0.1, 0.15) is 22.3 Å². The highest BCUT2D eigenvalue weighted by Gasteiger charge is 2.69. The Hall–Kier alpha value is -4.09. The number of aromatic hydroxyl groups is 1. The Balaban J connectivity index is 1.66. The summed E-state index contributed by atoms with van der Waals surface area (Å²) >= 11 is 0. The van der Waals surface area contributed by atoms with Gasteiger partial charge in [0.25, 0.3) is 0 Å². The van der Waals surface area contributed by atoms with Crippen molar-refractivity contribution in [3.05, 3.63) is 41.5 Å². The average molecular weight is 551 g/mol. The summed E-state index contributed by atoms with van der Waals surface area (Å²) in [5.41, 5.74) is 4.22. The van der Waals surface area contributed by atoms with Crippen LogP contribution < -0.4 is 15.2 Å². The highest BCUT2D eigenvalue weighted by Crippen LogP contribution is 2.52. The molecule has 1 amide bonds. The lowest BCUT2D eigenvalue weighted by atomic mass is 9.52. The van der Waals surface area contributed by atoms with Gasteiger partial charge in [0.1, 0.15) is 17.2 Å². The smallest absolute Gasteiger partial charge is 0.235 e. The van der Waals surface area contributed by atoms with Gasteiger partial charge in [0.2, 0.25) is 5.91 Å². The number of likely N-dealkylation sites (N-methyl/N-ethyl adjacent to an activating group) is 1. The summed E-state index contributed by atoms with van der Waals surface area (Å²) < 4.78 is 10.8. The number of carbonyl (C=O) groups is 5. The maximum Gasteiger partial charge on any atom is 0.235 e. The van der Waals surface area contributed by atoms with Gasteiger partial charge in [-0.3, -0.25) is 28.9 Å². The largest absolute Gasteiger partial charge is 0.507 e. The van der Waals surface area contributed by atoms with Gasteiger partial charge in [-0.05, 0) is 62.2 Å². The molecule has 0 saturated heterocycles. The molecule has 5 rings (SSSR count). The molecule has 0 bridgehead atoms. The standard InChI is InChI=1S/C29H30N2O9/c1-31(2)23-17-10-12-9-16-14(15-6-5-13(39-3)11-19(15)40-4)7-8-18(32)21(16)24(33)20(12)26(35)29(17,38)27(36)22(25(23)34)28(30)37/h5-8,11-12,17,20,22-23,32,38H,9-10H2,1-4H3,(H2,30,37)/t12-,17-,20?,22?,23-,29-/m1/s1. The highest BCUT2D eigenvalue weighted by molar-refractivity contribution is 6.32. The number of nitrogens with zero attached hydrogens (tertiary/aromatic N) is 1. The number of fused-ring (bicyclic) bond motifs is 3. The molecular weight excluding hydrogens is 520 g/mol. The van der Waals surface area contributed by atoms with Gasteiger partial charge in [-0.25, -0.2) is 0 Å². The number of methoxy groups -OCH3 is 2. The molecule has 2 fully saturated rings. The number of nitrogens with two attached hydrogens (primary N) is 1. The number of phenolic OH excluding ortho intramolecular Hbond substituents is 1. The van der Waals surface area contributed by atoms with E-state index in [1.54, 1.807) is 38.4 Å². The Morgan fingerprint density at radius 3 is 2.30 bits per heavy atom. The van der Waals surface area contributed by atoms with E-state index >= 15 is 0 Å². The molecule has 3 aliphatic rings. The molecule has 0 aromatic heterocycles.